The first-order valence-corrected chi connectivity index (χ1v) is 8.95. The fourth-order valence-corrected chi connectivity index (χ4v) is 3.35. The van der Waals surface area contributed by atoms with Gasteiger partial charge in [-0.1, -0.05) is 18.2 Å². The molecule has 1 aliphatic heterocycles. The standard InChI is InChI=1S/C20H24N2O4/c1-3-26-16-10-5-4-8-14(16)13-21-20(24)19-15-9-6-7-11-22(15)18(23)12-17(19)25-2/h4-5,8,10,12H,3,6-7,9,11,13H2,1-2H3,(H,21,24). The number of ether oxygens (including phenoxy) is 2. The molecule has 1 aromatic carbocycles. The van der Waals surface area contributed by atoms with Gasteiger partial charge in [0, 0.05) is 30.4 Å². The molecule has 2 aromatic rings. The molecule has 1 aliphatic rings. The van der Waals surface area contributed by atoms with Crippen molar-refractivity contribution in [2.24, 2.45) is 0 Å². The zero-order chi connectivity index (χ0) is 18.5. The molecular formula is C20H24N2O4. The number of hydrogen-bond donors (Lipinski definition) is 1. The lowest BCUT2D eigenvalue weighted by Gasteiger charge is -2.22. The average molecular weight is 356 g/mol. The van der Waals surface area contributed by atoms with E-state index < -0.39 is 0 Å². The molecule has 0 spiro atoms. The topological polar surface area (TPSA) is 69.6 Å². The van der Waals surface area contributed by atoms with Crippen LogP contribution in [0.3, 0.4) is 0 Å². The number of carbonyl (C=O) groups is 1. The lowest BCUT2D eigenvalue weighted by Crippen LogP contribution is -2.33. The third-order valence-electron chi connectivity index (χ3n) is 4.59. The molecule has 0 unspecified atom stereocenters. The van der Waals surface area contributed by atoms with Crippen molar-refractivity contribution >= 4 is 5.91 Å². The number of pyridine rings is 1. The third-order valence-corrected chi connectivity index (χ3v) is 4.59. The van der Waals surface area contributed by atoms with Crippen LogP contribution in [0.2, 0.25) is 0 Å². The van der Waals surface area contributed by atoms with Gasteiger partial charge in [0.25, 0.3) is 11.5 Å². The number of para-hydroxylation sites is 1. The van der Waals surface area contributed by atoms with Crippen molar-refractivity contribution in [3.8, 4) is 11.5 Å². The van der Waals surface area contributed by atoms with E-state index in [-0.39, 0.29) is 11.5 Å². The number of carbonyl (C=O) groups excluding carboxylic acids is 1. The normalized spacial score (nSPS) is 13.0. The largest absolute Gasteiger partial charge is 0.496 e. The summed E-state index contributed by atoms with van der Waals surface area (Å²) in [6, 6.07) is 9.02. The molecule has 0 radical (unpaired) electrons. The van der Waals surface area contributed by atoms with Crippen molar-refractivity contribution in [1.82, 2.24) is 9.88 Å². The highest BCUT2D eigenvalue weighted by Crippen LogP contribution is 2.25. The highest BCUT2D eigenvalue weighted by atomic mass is 16.5. The van der Waals surface area contributed by atoms with Gasteiger partial charge in [-0.25, -0.2) is 0 Å². The smallest absolute Gasteiger partial charge is 0.257 e. The Hall–Kier alpha value is -2.76. The van der Waals surface area contributed by atoms with Gasteiger partial charge >= 0.3 is 0 Å². The highest BCUT2D eigenvalue weighted by molar-refractivity contribution is 5.98. The molecule has 0 bridgehead atoms. The minimum Gasteiger partial charge on any atom is -0.496 e. The molecule has 0 aliphatic carbocycles. The Labute approximate surface area is 152 Å². The van der Waals surface area contributed by atoms with E-state index in [1.165, 1.54) is 13.2 Å². The van der Waals surface area contributed by atoms with Gasteiger partial charge in [-0.05, 0) is 32.3 Å². The van der Waals surface area contributed by atoms with Crippen LogP contribution in [0.5, 0.6) is 11.5 Å². The molecule has 138 valence electrons. The van der Waals surface area contributed by atoms with E-state index in [0.29, 0.717) is 37.4 Å². The summed E-state index contributed by atoms with van der Waals surface area (Å²) in [7, 11) is 1.48. The molecular weight excluding hydrogens is 332 g/mol. The van der Waals surface area contributed by atoms with Crippen molar-refractivity contribution < 1.29 is 14.3 Å². The molecule has 1 aromatic heterocycles. The number of nitrogens with one attached hydrogen (secondary N) is 1. The van der Waals surface area contributed by atoms with E-state index in [2.05, 4.69) is 5.32 Å². The van der Waals surface area contributed by atoms with Gasteiger partial charge in [0.15, 0.2) is 0 Å². The molecule has 0 saturated heterocycles. The lowest BCUT2D eigenvalue weighted by atomic mass is 10.0. The first-order valence-electron chi connectivity index (χ1n) is 8.95. The van der Waals surface area contributed by atoms with Crippen LogP contribution in [-0.2, 0) is 19.5 Å². The van der Waals surface area contributed by atoms with E-state index in [4.69, 9.17) is 9.47 Å². The summed E-state index contributed by atoms with van der Waals surface area (Å²) in [6.07, 6.45) is 2.60. The SMILES string of the molecule is CCOc1ccccc1CNC(=O)c1c(OC)cc(=O)n2c1CCCC2. The van der Waals surface area contributed by atoms with Crippen LogP contribution < -0.4 is 20.3 Å². The second-order valence-electron chi connectivity index (χ2n) is 6.20. The predicted octanol–water partition coefficient (Wildman–Crippen LogP) is 2.52. The molecule has 6 nitrogen and oxygen atoms in total. The Morgan fingerprint density at radius 3 is 2.81 bits per heavy atom. The molecule has 1 N–H and O–H groups in total. The second kappa shape index (κ2) is 8.08. The Bertz CT molecular complexity index is 857. The van der Waals surface area contributed by atoms with Crippen molar-refractivity contribution in [1.29, 1.82) is 0 Å². The maximum Gasteiger partial charge on any atom is 0.257 e. The van der Waals surface area contributed by atoms with Crippen LogP contribution >= 0.6 is 0 Å². The van der Waals surface area contributed by atoms with E-state index in [9.17, 15) is 9.59 Å². The first kappa shape index (κ1) is 18.0. The number of fused-ring (bicyclic) bond motifs is 1. The van der Waals surface area contributed by atoms with Crippen molar-refractivity contribution in [3.63, 3.8) is 0 Å². The summed E-state index contributed by atoms with van der Waals surface area (Å²) in [4.78, 5) is 25.2. The van der Waals surface area contributed by atoms with Gasteiger partial charge in [-0.2, -0.15) is 0 Å². The maximum atomic E-state index is 12.9. The lowest BCUT2D eigenvalue weighted by molar-refractivity contribution is 0.0945. The Morgan fingerprint density at radius 1 is 1.23 bits per heavy atom. The first-order chi connectivity index (χ1) is 12.7. The number of nitrogens with zero attached hydrogens (tertiary/aromatic N) is 1. The zero-order valence-electron chi connectivity index (χ0n) is 15.2. The summed E-state index contributed by atoms with van der Waals surface area (Å²) in [5.41, 5.74) is 2.01. The highest BCUT2D eigenvalue weighted by Gasteiger charge is 2.24. The van der Waals surface area contributed by atoms with Crippen LogP contribution in [0.15, 0.2) is 35.1 Å². The van der Waals surface area contributed by atoms with E-state index in [1.807, 2.05) is 31.2 Å². The third kappa shape index (κ3) is 3.59. The minimum absolute atomic E-state index is 0.116. The Balaban J connectivity index is 1.88. The van der Waals surface area contributed by atoms with Crippen LogP contribution in [0.1, 0.15) is 41.4 Å². The van der Waals surface area contributed by atoms with Crippen LogP contribution in [0.4, 0.5) is 0 Å². The summed E-state index contributed by atoms with van der Waals surface area (Å²) in [5, 5.41) is 2.94. The maximum absolute atomic E-state index is 12.9. The quantitative estimate of drug-likeness (QED) is 0.863. The van der Waals surface area contributed by atoms with Gasteiger partial charge in [0.1, 0.15) is 17.1 Å². The van der Waals surface area contributed by atoms with Crippen LogP contribution in [0, 0.1) is 0 Å². The number of amides is 1. The van der Waals surface area contributed by atoms with Crippen molar-refractivity contribution in [2.75, 3.05) is 13.7 Å². The van der Waals surface area contributed by atoms with Gasteiger partial charge in [0.2, 0.25) is 0 Å². The van der Waals surface area contributed by atoms with E-state index in [0.717, 1.165) is 29.8 Å². The molecule has 3 rings (SSSR count). The molecule has 6 heteroatoms. The fraction of sp³-hybridized carbons (Fsp3) is 0.400. The number of hydrogen-bond acceptors (Lipinski definition) is 4. The average Bonchev–Trinajstić information content (AvgIpc) is 2.67. The molecule has 0 atom stereocenters. The minimum atomic E-state index is -0.237. The molecule has 0 saturated carbocycles. The zero-order valence-corrected chi connectivity index (χ0v) is 15.2. The van der Waals surface area contributed by atoms with Crippen LogP contribution in [-0.4, -0.2) is 24.2 Å². The van der Waals surface area contributed by atoms with E-state index in [1.54, 1.807) is 4.57 Å². The molecule has 1 amide bonds. The summed E-state index contributed by atoms with van der Waals surface area (Å²) < 4.78 is 12.6. The number of methoxy groups -OCH3 is 1. The number of aromatic nitrogens is 1. The van der Waals surface area contributed by atoms with Gasteiger partial charge in [0.05, 0.1) is 13.7 Å². The predicted molar refractivity (Wildman–Crippen MR) is 99.0 cm³/mol. The second-order valence-corrected chi connectivity index (χ2v) is 6.20. The van der Waals surface area contributed by atoms with Gasteiger partial charge in [-0.15, -0.1) is 0 Å². The summed E-state index contributed by atoms with van der Waals surface area (Å²) in [6.45, 7) is 3.48. The summed E-state index contributed by atoms with van der Waals surface area (Å²) in [5.74, 6) is 0.853. The molecule has 26 heavy (non-hydrogen) atoms. The fourth-order valence-electron chi connectivity index (χ4n) is 3.35. The number of rotatable bonds is 6. The Morgan fingerprint density at radius 2 is 2.04 bits per heavy atom. The van der Waals surface area contributed by atoms with Crippen LogP contribution in [0.25, 0.3) is 0 Å². The van der Waals surface area contributed by atoms with Gasteiger partial charge in [-0.3, -0.25) is 9.59 Å². The number of benzene rings is 1. The van der Waals surface area contributed by atoms with Crippen molar-refractivity contribution in [2.45, 2.75) is 39.3 Å². The summed E-state index contributed by atoms with van der Waals surface area (Å²) >= 11 is 0. The van der Waals surface area contributed by atoms with Crippen molar-refractivity contribution in [3.05, 3.63) is 57.5 Å². The van der Waals surface area contributed by atoms with E-state index >= 15 is 0 Å². The monoisotopic (exact) mass is 356 g/mol. The van der Waals surface area contributed by atoms with Gasteiger partial charge < -0.3 is 19.4 Å². The molecule has 2 heterocycles. The Kier molecular flexibility index (Phi) is 5.61. The molecule has 0 fully saturated rings.